The van der Waals surface area contributed by atoms with Crippen LogP contribution in [0.4, 0.5) is 14.9 Å². The van der Waals surface area contributed by atoms with Gasteiger partial charge in [-0.25, -0.2) is 9.18 Å². The summed E-state index contributed by atoms with van der Waals surface area (Å²) in [6.07, 6.45) is 3.08. The summed E-state index contributed by atoms with van der Waals surface area (Å²) >= 11 is 0. The summed E-state index contributed by atoms with van der Waals surface area (Å²) in [5.74, 6) is -0.285. The Kier molecular flexibility index (Phi) is 4.37. The number of fused-ring (bicyclic) bond motifs is 1. The Morgan fingerprint density at radius 3 is 2.86 bits per heavy atom. The van der Waals surface area contributed by atoms with Crippen molar-refractivity contribution < 1.29 is 9.18 Å². The second-order valence-electron chi connectivity index (χ2n) is 5.53. The average Bonchev–Trinajstić information content (AvgIpc) is 2.75. The quantitative estimate of drug-likeness (QED) is 0.896. The Hall–Kier alpha value is -2.36. The van der Waals surface area contributed by atoms with Gasteiger partial charge in [-0.3, -0.25) is 4.90 Å². The SMILES string of the molecule is O=C(NCc1cccc(F)c1)N1CCCCc2ccccc21. The van der Waals surface area contributed by atoms with Crippen molar-refractivity contribution in [3.63, 3.8) is 0 Å². The minimum absolute atomic E-state index is 0.126. The fourth-order valence-corrected chi connectivity index (χ4v) is 2.82. The van der Waals surface area contributed by atoms with Gasteiger partial charge in [-0.1, -0.05) is 30.3 Å². The molecule has 4 heteroatoms. The van der Waals surface area contributed by atoms with Crippen LogP contribution in [-0.2, 0) is 13.0 Å². The van der Waals surface area contributed by atoms with Crippen molar-refractivity contribution in [3.05, 3.63) is 65.5 Å². The van der Waals surface area contributed by atoms with Crippen LogP contribution >= 0.6 is 0 Å². The van der Waals surface area contributed by atoms with Gasteiger partial charge < -0.3 is 5.32 Å². The van der Waals surface area contributed by atoms with Gasteiger partial charge in [-0.2, -0.15) is 0 Å². The van der Waals surface area contributed by atoms with Crippen LogP contribution < -0.4 is 10.2 Å². The van der Waals surface area contributed by atoms with Crippen molar-refractivity contribution in [3.8, 4) is 0 Å². The monoisotopic (exact) mass is 298 g/mol. The highest BCUT2D eigenvalue weighted by molar-refractivity contribution is 5.92. The molecule has 0 saturated carbocycles. The number of halogens is 1. The molecule has 2 aromatic rings. The molecule has 2 amide bonds. The number of urea groups is 1. The molecule has 0 saturated heterocycles. The highest BCUT2D eigenvalue weighted by Gasteiger charge is 2.20. The molecule has 1 aliphatic rings. The molecule has 2 aromatic carbocycles. The standard InChI is InChI=1S/C18H19FN2O/c19-16-9-5-6-14(12-16)13-20-18(22)21-11-4-3-8-15-7-1-2-10-17(15)21/h1-2,5-7,9-10,12H,3-4,8,11,13H2,(H,20,22). The largest absolute Gasteiger partial charge is 0.334 e. The van der Waals surface area contributed by atoms with Crippen LogP contribution in [0.2, 0.25) is 0 Å². The lowest BCUT2D eigenvalue weighted by Gasteiger charge is -2.23. The second kappa shape index (κ2) is 6.60. The molecule has 0 fully saturated rings. The van der Waals surface area contributed by atoms with Gasteiger partial charge in [0.1, 0.15) is 5.82 Å². The molecule has 0 aromatic heterocycles. The lowest BCUT2D eigenvalue weighted by molar-refractivity contribution is 0.246. The van der Waals surface area contributed by atoms with Crippen molar-refractivity contribution in [1.29, 1.82) is 0 Å². The van der Waals surface area contributed by atoms with Crippen LogP contribution in [0.25, 0.3) is 0 Å². The van der Waals surface area contributed by atoms with Gasteiger partial charge in [0.15, 0.2) is 0 Å². The van der Waals surface area contributed by atoms with E-state index in [1.54, 1.807) is 17.0 Å². The van der Waals surface area contributed by atoms with Gasteiger partial charge in [0, 0.05) is 18.8 Å². The fraction of sp³-hybridized carbons (Fsp3) is 0.278. The minimum Gasteiger partial charge on any atom is -0.334 e. The van der Waals surface area contributed by atoms with Crippen molar-refractivity contribution in [2.45, 2.75) is 25.8 Å². The van der Waals surface area contributed by atoms with E-state index in [9.17, 15) is 9.18 Å². The molecule has 3 nitrogen and oxygen atoms in total. The molecule has 1 heterocycles. The van der Waals surface area contributed by atoms with Crippen LogP contribution in [0.1, 0.15) is 24.0 Å². The number of anilines is 1. The molecule has 3 rings (SSSR count). The molecule has 0 atom stereocenters. The summed E-state index contributed by atoms with van der Waals surface area (Å²) in [5, 5.41) is 2.88. The van der Waals surface area contributed by atoms with E-state index in [2.05, 4.69) is 11.4 Å². The molecular formula is C18H19FN2O. The first kappa shape index (κ1) is 14.6. The molecule has 1 N–H and O–H groups in total. The van der Waals surface area contributed by atoms with E-state index in [0.717, 1.165) is 30.5 Å². The highest BCUT2D eigenvalue weighted by atomic mass is 19.1. The third-order valence-electron chi connectivity index (χ3n) is 3.94. The van der Waals surface area contributed by atoms with E-state index in [1.165, 1.54) is 17.7 Å². The van der Waals surface area contributed by atoms with Crippen LogP contribution in [-0.4, -0.2) is 12.6 Å². The summed E-state index contributed by atoms with van der Waals surface area (Å²) in [6, 6.07) is 14.2. The topological polar surface area (TPSA) is 32.3 Å². The first-order valence-corrected chi connectivity index (χ1v) is 7.62. The number of carbonyl (C=O) groups excluding carboxylic acids is 1. The molecule has 0 unspecified atom stereocenters. The number of para-hydroxylation sites is 1. The number of hydrogen-bond acceptors (Lipinski definition) is 1. The van der Waals surface area contributed by atoms with Gasteiger partial charge in [-0.15, -0.1) is 0 Å². The number of nitrogens with one attached hydrogen (secondary N) is 1. The maximum atomic E-state index is 13.2. The number of benzene rings is 2. The number of amides is 2. The van der Waals surface area contributed by atoms with Crippen molar-refractivity contribution >= 4 is 11.7 Å². The van der Waals surface area contributed by atoms with Gasteiger partial charge in [0.2, 0.25) is 0 Å². The second-order valence-corrected chi connectivity index (χ2v) is 5.53. The number of nitrogens with zero attached hydrogens (tertiary/aromatic N) is 1. The Morgan fingerprint density at radius 2 is 2.00 bits per heavy atom. The zero-order valence-electron chi connectivity index (χ0n) is 12.4. The van der Waals surface area contributed by atoms with E-state index in [-0.39, 0.29) is 11.8 Å². The number of aryl methyl sites for hydroxylation is 1. The van der Waals surface area contributed by atoms with Gasteiger partial charge >= 0.3 is 6.03 Å². The van der Waals surface area contributed by atoms with E-state index < -0.39 is 0 Å². The predicted molar refractivity (Wildman–Crippen MR) is 85.4 cm³/mol. The van der Waals surface area contributed by atoms with Gasteiger partial charge in [0.05, 0.1) is 0 Å². The molecule has 22 heavy (non-hydrogen) atoms. The summed E-state index contributed by atoms with van der Waals surface area (Å²) in [5.41, 5.74) is 2.95. The Morgan fingerprint density at radius 1 is 1.14 bits per heavy atom. The van der Waals surface area contributed by atoms with Crippen LogP contribution in [0.5, 0.6) is 0 Å². The molecular weight excluding hydrogens is 279 g/mol. The van der Waals surface area contributed by atoms with E-state index in [0.29, 0.717) is 13.1 Å². The fourth-order valence-electron chi connectivity index (χ4n) is 2.82. The maximum Gasteiger partial charge on any atom is 0.322 e. The molecule has 0 bridgehead atoms. The predicted octanol–water partition coefficient (Wildman–Crippen LogP) is 3.88. The van der Waals surface area contributed by atoms with Crippen molar-refractivity contribution in [2.24, 2.45) is 0 Å². The van der Waals surface area contributed by atoms with Gasteiger partial charge in [0.25, 0.3) is 0 Å². The zero-order valence-corrected chi connectivity index (χ0v) is 12.4. The average molecular weight is 298 g/mol. The van der Waals surface area contributed by atoms with E-state index >= 15 is 0 Å². The molecule has 114 valence electrons. The minimum atomic E-state index is -0.285. The number of carbonyl (C=O) groups is 1. The zero-order chi connectivity index (χ0) is 15.4. The maximum absolute atomic E-state index is 13.2. The van der Waals surface area contributed by atoms with Crippen LogP contribution in [0.3, 0.4) is 0 Å². The summed E-state index contributed by atoms with van der Waals surface area (Å²) in [7, 11) is 0. The first-order valence-electron chi connectivity index (χ1n) is 7.62. The molecule has 0 aliphatic carbocycles. The van der Waals surface area contributed by atoms with Crippen LogP contribution in [0, 0.1) is 5.82 Å². The third kappa shape index (κ3) is 3.27. The lowest BCUT2D eigenvalue weighted by atomic mass is 10.1. The van der Waals surface area contributed by atoms with Crippen LogP contribution in [0.15, 0.2) is 48.5 Å². The molecule has 0 radical (unpaired) electrons. The lowest BCUT2D eigenvalue weighted by Crippen LogP contribution is -2.40. The summed E-state index contributed by atoms with van der Waals surface area (Å²) < 4.78 is 13.2. The molecule has 1 aliphatic heterocycles. The Bertz CT molecular complexity index is 672. The Balaban J connectivity index is 1.72. The van der Waals surface area contributed by atoms with Crippen molar-refractivity contribution in [1.82, 2.24) is 5.32 Å². The van der Waals surface area contributed by atoms with Crippen molar-refractivity contribution in [2.75, 3.05) is 11.4 Å². The van der Waals surface area contributed by atoms with E-state index in [4.69, 9.17) is 0 Å². The summed E-state index contributed by atoms with van der Waals surface area (Å²) in [4.78, 5) is 14.3. The normalized spacial score (nSPS) is 14.1. The highest BCUT2D eigenvalue weighted by Crippen LogP contribution is 2.26. The first-order chi connectivity index (χ1) is 10.7. The third-order valence-corrected chi connectivity index (χ3v) is 3.94. The van der Waals surface area contributed by atoms with E-state index in [1.807, 2.05) is 18.2 Å². The number of hydrogen-bond donors (Lipinski definition) is 1. The molecule has 0 spiro atoms. The smallest absolute Gasteiger partial charge is 0.322 e. The Labute approximate surface area is 129 Å². The number of rotatable bonds is 2. The summed E-state index contributed by atoms with van der Waals surface area (Å²) in [6.45, 7) is 1.04. The van der Waals surface area contributed by atoms with Gasteiger partial charge in [-0.05, 0) is 48.6 Å².